The van der Waals surface area contributed by atoms with Crippen molar-refractivity contribution in [1.29, 1.82) is 5.41 Å². The molecule has 1 aliphatic heterocycles. The molecule has 0 aliphatic carbocycles. The van der Waals surface area contributed by atoms with Gasteiger partial charge in [0.2, 0.25) is 0 Å². The number of rotatable bonds is 10. The highest BCUT2D eigenvalue weighted by molar-refractivity contribution is 6.14. The topological polar surface area (TPSA) is 119 Å². The second-order valence-electron chi connectivity index (χ2n) is 10.2. The van der Waals surface area contributed by atoms with Crippen molar-refractivity contribution in [3.63, 3.8) is 0 Å². The first-order valence-electron chi connectivity index (χ1n) is 12.0. The maximum absolute atomic E-state index is 13.0. The number of nitrogens with one attached hydrogen (secondary N) is 4. The standard InChI is InChI=1S/C25H29F4N7O2/c1-24(2,3)35-22(37)16-10-32-21-20(16)34-18(11-33-21)19(30)15-9-14(38-23(26)27)5-6-17(15)31-7-4-8-36-12-25(28,29)13-36/h5-6,9-11,23,30-31H,4,7-8,12-13H2,1-3H3,(H,32,33)(H,35,37). The van der Waals surface area contributed by atoms with Gasteiger partial charge in [0.05, 0.1) is 30.6 Å². The molecule has 0 saturated carbocycles. The number of hydrogen-bond acceptors (Lipinski definition) is 7. The maximum atomic E-state index is 13.0. The first-order chi connectivity index (χ1) is 17.8. The van der Waals surface area contributed by atoms with Gasteiger partial charge in [-0.15, -0.1) is 0 Å². The number of fused-ring (bicyclic) bond motifs is 1. The molecule has 2 aromatic heterocycles. The Hall–Kier alpha value is -3.74. The summed E-state index contributed by atoms with van der Waals surface area (Å²) in [4.78, 5) is 26.0. The number of H-pyrrole nitrogens is 1. The Morgan fingerprint density at radius 3 is 2.66 bits per heavy atom. The summed E-state index contributed by atoms with van der Waals surface area (Å²) >= 11 is 0. The molecule has 0 spiro atoms. The molecule has 0 unspecified atom stereocenters. The van der Waals surface area contributed by atoms with E-state index in [0.717, 1.165) is 0 Å². The van der Waals surface area contributed by atoms with Gasteiger partial charge >= 0.3 is 6.61 Å². The van der Waals surface area contributed by atoms with Crippen LogP contribution in [-0.4, -0.2) is 75.7 Å². The number of hydrogen-bond donors (Lipinski definition) is 4. The lowest BCUT2D eigenvalue weighted by molar-refractivity contribution is -0.130. The fourth-order valence-electron chi connectivity index (χ4n) is 4.08. The van der Waals surface area contributed by atoms with Crippen molar-refractivity contribution in [2.45, 2.75) is 45.3 Å². The molecular formula is C25H29F4N7O2. The largest absolute Gasteiger partial charge is 0.435 e. The number of ether oxygens (including phenoxy) is 1. The van der Waals surface area contributed by atoms with E-state index in [9.17, 15) is 22.4 Å². The Balaban J connectivity index is 1.56. The first kappa shape index (κ1) is 27.3. The number of benzene rings is 1. The number of aromatic amines is 1. The summed E-state index contributed by atoms with van der Waals surface area (Å²) in [6.07, 6.45) is 3.39. The minimum atomic E-state index is -3.05. The average molecular weight is 536 g/mol. The molecule has 0 bridgehead atoms. The third kappa shape index (κ3) is 6.57. The molecule has 13 heteroatoms. The molecule has 1 amide bonds. The molecule has 204 valence electrons. The van der Waals surface area contributed by atoms with Gasteiger partial charge in [-0.1, -0.05) is 0 Å². The third-order valence-electron chi connectivity index (χ3n) is 5.73. The fourth-order valence-corrected chi connectivity index (χ4v) is 4.08. The normalized spacial score (nSPS) is 15.4. The Morgan fingerprint density at radius 1 is 1.26 bits per heavy atom. The van der Waals surface area contributed by atoms with E-state index in [1.54, 1.807) is 4.90 Å². The van der Waals surface area contributed by atoms with Crippen LogP contribution in [0, 0.1) is 5.41 Å². The van der Waals surface area contributed by atoms with E-state index in [1.165, 1.54) is 30.6 Å². The van der Waals surface area contributed by atoms with E-state index in [0.29, 0.717) is 30.8 Å². The Morgan fingerprint density at radius 2 is 2.00 bits per heavy atom. The first-order valence-corrected chi connectivity index (χ1v) is 12.0. The molecule has 1 fully saturated rings. The lowest BCUT2D eigenvalue weighted by atomic mass is 10.0. The predicted octanol–water partition coefficient (Wildman–Crippen LogP) is 4.26. The van der Waals surface area contributed by atoms with Gasteiger partial charge in [-0.3, -0.25) is 15.1 Å². The van der Waals surface area contributed by atoms with Crippen LogP contribution < -0.4 is 15.4 Å². The maximum Gasteiger partial charge on any atom is 0.387 e. The SMILES string of the molecule is CC(C)(C)NC(=O)c1c[nH]c2ncc(C(=N)c3cc(OC(F)F)ccc3NCCCN3CC(F)(F)C3)nc12. The van der Waals surface area contributed by atoms with Crippen LogP contribution in [0.2, 0.25) is 0 Å². The summed E-state index contributed by atoms with van der Waals surface area (Å²) in [6, 6.07) is 4.14. The van der Waals surface area contributed by atoms with Crippen LogP contribution in [0.25, 0.3) is 11.2 Å². The number of anilines is 1. The minimum Gasteiger partial charge on any atom is -0.435 e. The van der Waals surface area contributed by atoms with Crippen LogP contribution in [0.5, 0.6) is 5.75 Å². The number of halogens is 4. The number of likely N-dealkylation sites (tertiary alicyclic amines) is 1. The number of aromatic nitrogens is 3. The number of carbonyl (C=O) groups is 1. The number of carbonyl (C=O) groups excluding carboxylic acids is 1. The molecule has 4 N–H and O–H groups in total. The van der Waals surface area contributed by atoms with Gasteiger partial charge in [-0.2, -0.15) is 8.78 Å². The second kappa shape index (κ2) is 10.6. The van der Waals surface area contributed by atoms with Crippen LogP contribution in [0.4, 0.5) is 23.2 Å². The van der Waals surface area contributed by atoms with Gasteiger partial charge in [0.15, 0.2) is 5.65 Å². The molecule has 0 atom stereocenters. The van der Waals surface area contributed by atoms with Crippen molar-refractivity contribution in [2.24, 2.45) is 0 Å². The van der Waals surface area contributed by atoms with Crippen LogP contribution in [0.1, 0.15) is 48.8 Å². The van der Waals surface area contributed by atoms with Crippen molar-refractivity contribution >= 4 is 28.5 Å². The Bertz CT molecular complexity index is 1330. The monoisotopic (exact) mass is 535 g/mol. The van der Waals surface area contributed by atoms with E-state index < -0.39 is 18.1 Å². The smallest absolute Gasteiger partial charge is 0.387 e. The van der Waals surface area contributed by atoms with Crippen molar-refractivity contribution < 1.29 is 27.1 Å². The molecule has 38 heavy (non-hydrogen) atoms. The number of alkyl halides is 4. The number of nitrogens with zero attached hydrogens (tertiary/aromatic N) is 3. The van der Waals surface area contributed by atoms with E-state index in [-0.39, 0.29) is 52.8 Å². The van der Waals surface area contributed by atoms with Crippen molar-refractivity contribution in [1.82, 2.24) is 25.2 Å². The van der Waals surface area contributed by atoms with Crippen LogP contribution in [0.3, 0.4) is 0 Å². The van der Waals surface area contributed by atoms with Crippen molar-refractivity contribution in [3.05, 3.63) is 47.4 Å². The lowest BCUT2D eigenvalue weighted by Crippen LogP contribution is -2.56. The second-order valence-corrected chi connectivity index (χ2v) is 10.2. The molecule has 1 saturated heterocycles. The highest BCUT2D eigenvalue weighted by Gasteiger charge is 2.43. The van der Waals surface area contributed by atoms with E-state index >= 15 is 0 Å². The zero-order chi connectivity index (χ0) is 27.7. The summed E-state index contributed by atoms with van der Waals surface area (Å²) in [5.41, 5.74) is 1.03. The van der Waals surface area contributed by atoms with E-state index in [2.05, 4.69) is 30.3 Å². The van der Waals surface area contributed by atoms with Gasteiger partial charge in [0, 0.05) is 36.1 Å². The van der Waals surface area contributed by atoms with Crippen LogP contribution in [0.15, 0.2) is 30.6 Å². The summed E-state index contributed by atoms with van der Waals surface area (Å²) < 4.78 is 56.3. The van der Waals surface area contributed by atoms with E-state index in [1.807, 2.05) is 20.8 Å². The molecule has 0 radical (unpaired) electrons. The molecular weight excluding hydrogens is 506 g/mol. The van der Waals surface area contributed by atoms with Crippen LogP contribution in [-0.2, 0) is 0 Å². The van der Waals surface area contributed by atoms with Crippen molar-refractivity contribution in [3.8, 4) is 5.75 Å². The fraction of sp³-hybridized carbons (Fsp3) is 0.440. The Kier molecular flexibility index (Phi) is 7.58. The quantitative estimate of drug-likeness (QED) is 0.175. The van der Waals surface area contributed by atoms with Gasteiger partial charge in [-0.25, -0.2) is 18.7 Å². The van der Waals surface area contributed by atoms with Gasteiger partial charge in [-0.05, 0) is 45.4 Å². The molecule has 1 aromatic carbocycles. The van der Waals surface area contributed by atoms with Gasteiger partial charge in [0.1, 0.15) is 17.0 Å². The third-order valence-corrected chi connectivity index (χ3v) is 5.73. The predicted molar refractivity (Wildman–Crippen MR) is 135 cm³/mol. The average Bonchev–Trinajstić information content (AvgIpc) is 3.22. The molecule has 1 aliphatic rings. The van der Waals surface area contributed by atoms with Crippen LogP contribution >= 0.6 is 0 Å². The summed E-state index contributed by atoms with van der Waals surface area (Å²) in [5.74, 6) is -3.14. The molecule has 3 aromatic rings. The molecule has 9 nitrogen and oxygen atoms in total. The lowest BCUT2D eigenvalue weighted by Gasteiger charge is -2.38. The summed E-state index contributed by atoms with van der Waals surface area (Å²) in [7, 11) is 0. The molecule has 4 rings (SSSR count). The minimum absolute atomic E-state index is 0.113. The number of amides is 1. The molecule has 3 heterocycles. The van der Waals surface area contributed by atoms with Gasteiger partial charge < -0.3 is 20.4 Å². The van der Waals surface area contributed by atoms with E-state index in [4.69, 9.17) is 5.41 Å². The zero-order valence-electron chi connectivity index (χ0n) is 21.2. The zero-order valence-corrected chi connectivity index (χ0v) is 21.2. The highest BCUT2D eigenvalue weighted by Crippen LogP contribution is 2.28. The van der Waals surface area contributed by atoms with Gasteiger partial charge in [0.25, 0.3) is 11.8 Å². The summed E-state index contributed by atoms with van der Waals surface area (Å²) in [5, 5.41) is 14.8. The van der Waals surface area contributed by atoms with Crippen molar-refractivity contribution in [2.75, 3.05) is 31.5 Å². The highest BCUT2D eigenvalue weighted by atomic mass is 19.3. The Labute approximate surface area is 216 Å². The summed E-state index contributed by atoms with van der Waals surface area (Å²) in [6.45, 7) is 2.81.